The highest BCUT2D eigenvalue weighted by atomic mass is 19.1. The predicted molar refractivity (Wildman–Crippen MR) is 95.5 cm³/mol. The Bertz CT molecular complexity index is 870. The molecule has 0 spiro atoms. The van der Waals surface area contributed by atoms with Crippen molar-refractivity contribution in [3.63, 3.8) is 0 Å². The molecular weight excluding hydrogens is 317 g/mol. The molecule has 0 atom stereocenters. The third-order valence-corrected chi connectivity index (χ3v) is 4.13. The third-order valence-electron chi connectivity index (χ3n) is 4.13. The summed E-state index contributed by atoms with van der Waals surface area (Å²) in [5.41, 5.74) is 4.01. The van der Waals surface area contributed by atoms with Gasteiger partial charge in [0.25, 0.3) is 5.91 Å². The molecule has 0 aliphatic carbocycles. The van der Waals surface area contributed by atoms with Crippen molar-refractivity contribution in [1.29, 1.82) is 0 Å². The van der Waals surface area contributed by atoms with E-state index in [4.69, 9.17) is 0 Å². The molecule has 0 radical (unpaired) electrons. The molecule has 0 fully saturated rings. The van der Waals surface area contributed by atoms with E-state index in [2.05, 4.69) is 10.4 Å². The summed E-state index contributed by atoms with van der Waals surface area (Å²) in [5.74, 6) is -0.397. The molecule has 1 heterocycles. The first-order valence-electron chi connectivity index (χ1n) is 8.20. The fraction of sp³-hybridized carbons (Fsp3) is 0.200. The number of carbonyl (C=O) groups excluding carboxylic acids is 1. The summed E-state index contributed by atoms with van der Waals surface area (Å²) in [7, 11) is 0. The molecule has 4 nitrogen and oxygen atoms in total. The zero-order valence-electron chi connectivity index (χ0n) is 14.3. The van der Waals surface area contributed by atoms with Crippen LogP contribution in [0.25, 0.3) is 5.69 Å². The van der Waals surface area contributed by atoms with Crippen molar-refractivity contribution in [2.24, 2.45) is 0 Å². The topological polar surface area (TPSA) is 46.9 Å². The molecule has 1 amide bonds. The number of nitrogens with zero attached hydrogens (tertiary/aromatic N) is 2. The third kappa shape index (κ3) is 3.76. The molecule has 5 heteroatoms. The normalized spacial score (nSPS) is 10.7. The lowest BCUT2D eigenvalue weighted by molar-refractivity contribution is 0.0953. The van der Waals surface area contributed by atoms with Crippen LogP contribution >= 0.6 is 0 Å². The van der Waals surface area contributed by atoms with Gasteiger partial charge >= 0.3 is 0 Å². The second-order valence-corrected chi connectivity index (χ2v) is 5.93. The molecule has 0 saturated carbocycles. The first kappa shape index (κ1) is 16.9. The summed E-state index contributed by atoms with van der Waals surface area (Å²) in [6, 6.07) is 16.0. The number of benzene rings is 2. The number of para-hydroxylation sites is 1. The minimum absolute atomic E-state index is 0.140. The van der Waals surface area contributed by atoms with Crippen molar-refractivity contribution in [2.45, 2.75) is 20.3 Å². The monoisotopic (exact) mass is 337 g/mol. The van der Waals surface area contributed by atoms with Crippen molar-refractivity contribution < 1.29 is 9.18 Å². The predicted octanol–water partition coefficient (Wildman–Crippen LogP) is 3.60. The first-order valence-corrected chi connectivity index (χ1v) is 8.20. The Labute approximate surface area is 146 Å². The van der Waals surface area contributed by atoms with Gasteiger partial charge in [0.2, 0.25) is 0 Å². The fourth-order valence-corrected chi connectivity index (χ4v) is 2.85. The van der Waals surface area contributed by atoms with Crippen molar-refractivity contribution in [3.8, 4) is 5.69 Å². The van der Waals surface area contributed by atoms with Crippen LogP contribution in [0, 0.1) is 19.7 Å². The molecule has 0 aliphatic heterocycles. The summed E-state index contributed by atoms with van der Waals surface area (Å²) in [5, 5.41) is 7.41. The van der Waals surface area contributed by atoms with Crippen LogP contribution in [0.4, 0.5) is 4.39 Å². The molecule has 128 valence electrons. The standard InChI is InChI=1S/C20H20FN3O/c1-14-19(15(2)24(23-14)18-6-4-3-5-7-18)20(25)22-13-12-16-8-10-17(21)11-9-16/h3-11H,12-13H2,1-2H3,(H,22,25). The van der Waals surface area contributed by atoms with Gasteiger partial charge in [0.1, 0.15) is 5.82 Å². The molecule has 25 heavy (non-hydrogen) atoms. The highest BCUT2D eigenvalue weighted by Crippen LogP contribution is 2.17. The SMILES string of the molecule is Cc1nn(-c2ccccc2)c(C)c1C(=O)NCCc1ccc(F)cc1. The van der Waals surface area contributed by atoms with Crippen LogP contribution in [0.3, 0.4) is 0 Å². The summed E-state index contributed by atoms with van der Waals surface area (Å²) in [6.45, 7) is 4.21. The molecule has 2 aromatic carbocycles. The first-order chi connectivity index (χ1) is 12.1. The Morgan fingerprint density at radius 1 is 1.08 bits per heavy atom. The molecular formula is C20H20FN3O. The molecule has 1 N–H and O–H groups in total. The van der Waals surface area contributed by atoms with Crippen molar-refractivity contribution in [2.75, 3.05) is 6.54 Å². The van der Waals surface area contributed by atoms with E-state index in [0.717, 1.165) is 16.9 Å². The lowest BCUT2D eigenvalue weighted by Crippen LogP contribution is -2.26. The quantitative estimate of drug-likeness (QED) is 0.773. The van der Waals surface area contributed by atoms with Crippen molar-refractivity contribution in [3.05, 3.63) is 82.9 Å². The number of rotatable bonds is 5. The van der Waals surface area contributed by atoms with E-state index in [-0.39, 0.29) is 11.7 Å². The van der Waals surface area contributed by atoms with Gasteiger partial charge in [0.15, 0.2) is 0 Å². The Kier molecular flexibility index (Phi) is 4.93. The van der Waals surface area contributed by atoms with E-state index in [9.17, 15) is 9.18 Å². The van der Waals surface area contributed by atoms with Crippen LogP contribution in [0.2, 0.25) is 0 Å². The van der Waals surface area contributed by atoms with Crippen LogP contribution in [-0.4, -0.2) is 22.2 Å². The van der Waals surface area contributed by atoms with Gasteiger partial charge in [-0.15, -0.1) is 0 Å². The molecule has 0 saturated heterocycles. The molecule has 0 bridgehead atoms. The van der Waals surface area contributed by atoms with Crippen LogP contribution in [-0.2, 0) is 6.42 Å². The summed E-state index contributed by atoms with van der Waals surface area (Å²) >= 11 is 0. The summed E-state index contributed by atoms with van der Waals surface area (Å²) < 4.78 is 14.7. The van der Waals surface area contributed by atoms with E-state index >= 15 is 0 Å². The van der Waals surface area contributed by atoms with Gasteiger partial charge in [-0.05, 0) is 50.1 Å². The molecule has 1 aromatic heterocycles. The Hall–Kier alpha value is -2.95. The van der Waals surface area contributed by atoms with Crippen molar-refractivity contribution in [1.82, 2.24) is 15.1 Å². The van der Waals surface area contributed by atoms with Gasteiger partial charge < -0.3 is 5.32 Å². The second-order valence-electron chi connectivity index (χ2n) is 5.93. The van der Waals surface area contributed by atoms with Gasteiger partial charge in [0.05, 0.1) is 22.6 Å². The number of carbonyl (C=O) groups is 1. The lowest BCUT2D eigenvalue weighted by atomic mass is 10.1. The van der Waals surface area contributed by atoms with Gasteiger partial charge in [-0.2, -0.15) is 5.10 Å². The maximum atomic E-state index is 12.9. The average molecular weight is 337 g/mol. The van der Waals surface area contributed by atoms with Crippen LogP contribution < -0.4 is 5.32 Å². The smallest absolute Gasteiger partial charge is 0.255 e. The molecule has 0 aliphatic rings. The zero-order chi connectivity index (χ0) is 17.8. The van der Waals surface area contributed by atoms with Crippen LogP contribution in [0.5, 0.6) is 0 Å². The Morgan fingerprint density at radius 3 is 2.44 bits per heavy atom. The van der Waals surface area contributed by atoms with Crippen LogP contribution in [0.1, 0.15) is 27.3 Å². The lowest BCUT2D eigenvalue weighted by Gasteiger charge is -2.07. The highest BCUT2D eigenvalue weighted by molar-refractivity contribution is 5.96. The Balaban J connectivity index is 1.70. The van der Waals surface area contributed by atoms with Crippen LogP contribution in [0.15, 0.2) is 54.6 Å². The van der Waals surface area contributed by atoms with Gasteiger partial charge in [-0.1, -0.05) is 30.3 Å². The highest BCUT2D eigenvalue weighted by Gasteiger charge is 2.18. The number of nitrogens with one attached hydrogen (secondary N) is 1. The summed E-state index contributed by atoms with van der Waals surface area (Å²) in [6.07, 6.45) is 0.650. The fourth-order valence-electron chi connectivity index (χ4n) is 2.85. The minimum atomic E-state index is -0.257. The van der Waals surface area contributed by atoms with E-state index in [1.54, 1.807) is 16.8 Å². The van der Waals surface area contributed by atoms with E-state index in [0.29, 0.717) is 24.2 Å². The number of halogens is 1. The number of hydrogen-bond donors (Lipinski definition) is 1. The maximum absolute atomic E-state index is 12.9. The molecule has 0 unspecified atom stereocenters. The number of hydrogen-bond acceptors (Lipinski definition) is 2. The van der Waals surface area contributed by atoms with Crippen molar-refractivity contribution >= 4 is 5.91 Å². The number of amides is 1. The van der Waals surface area contributed by atoms with Gasteiger partial charge in [0, 0.05) is 6.54 Å². The molecule has 3 aromatic rings. The van der Waals surface area contributed by atoms with E-state index < -0.39 is 0 Å². The minimum Gasteiger partial charge on any atom is -0.352 e. The average Bonchev–Trinajstić information content (AvgIpc) is 2.92. The number of aryl methyl sites for hydroxylation is 1. The largest absolute Gasteiger partial charge is 0.352 e. The van der Waals surface area contributed by atoms with Gasteiger partial charge in [-0.3, -0.25) is 4.79 Å². The summed E-state index contributed by atoms with van der Waals surface area (Å²) in [4.78, 5) is 12.6. The second kappa shape index (κ2) is 7.30. The zero-order valence-corrected chi connectivity index (χ0v) is 14.3. The van der Waals surface area contributed by atoms with E-state index in [1.807, 2.05) is 44.2 Å². The van der Waals surface area contributed by atoms with E-state index in [1.165, 1.54) is 12.1 Å². The van der Waals surface area contributed by atoms with Gasteiger partial charge in [-0.25, -0.2) is 9.07 Å². The molecule has 3 rings (SSSR count). The Morgan fingerprint density at radius 2 is 1.76 bits per heavy atom. The number of aromatic nitrogens is 2. The maximum Gasteiger partial charge on any atom is 0.255 e.